The second-order valence-electron chi connectivity index (χ2n) is 5.16. The maximum atomic E-state index is 13.6. The number of anilines is 2. The van der Waals surface area contributed by atoms with Gasteiger partial charge < -0.3 is 15.6 Å². The van der Waals surface area contributed by atoms with Gasteiger partial charge in [0.05, 0.1) is 11.3 Å². The number of carbonyl (C=O) groups excluding carboxylic acids is 1. The van der Waals surface area contributed by atoms with Crippen LogP contribution in [0.5, 0.6) is 0 Å². The number of rotatable bonds is 5. The number of hydrogen-bond acceptors (Lipinski definition) is 6. The Kier molecular flexibility index (Phi) is 4.64. The number of hydrogen-bond donors (Lipinski definition) is 2. The van der Waals surface area contributed by atoms with Gasteiger partial charge >= 0.3 is 0 Å². The van der Waals surface area contributed by atoms with E-state index in [1.54, 1.807) is 24.5 Å². The molecule has 0 saturated carbocycles. The van der Waals surface area contributed by atoms with Crippen LogP contribution in [0.2, 0.25) is 0 Å². The Morgan fingerprint density at radius 2 is 2.16 bits per heavy atom. The lowest BCUT2D eigenvalue weighted by Gasteiger charge is -2.08. The van der Waals surface area contributed by atoms with Crippen LogP contribution in [0.25, 0.3) is 11.5 Å². The van der Waals surface area contributed by atoms with Gasteiger partial charge in [0.1, 0.15) is 11.5 Å². The summed E-state index contributed by atoms with van der Waals surface area (Å²) in [6.07, 6.45) is 3.34. The molecule has 0 bridgehead atoms. The maximum absolute atomic E-state index is 13.6. The average Bonchev–Trinajstić information content (AvgIpc) is 3.06. The third-order valence-electron chi connectivity index (χ3n) is 3.30. The first kappa shape index (κ1) is 16.5. The van der Waals surface area contributed by atoms with Crippen molar-refractivity contribution in [3.8, 4) is 11.5 Å². The number of halogens is 2. The molecule has 3 N–H and O–H groups in total. The van der Waals surface area contributed by atoms with Crippen molar-refractivity contribution in [2.24, 2.45) is 0 Å². The van der Waals surface area contributed by atoms with Crippen molar-refractivity contribution in [2.75, 3.05) is 11.1 Å². The molecular formula is C16H13F2N5O2. The number of carbonyl (C=O) groups is 1. The Morgan fingerprint density at radius 1 is 1.32 bits per heavy atom. The Labute approximate surface area is 140 Å². The molecule has 25 heavy (non-hydrogen) atoms. The second kappa shape index (κ2) is 7.04. The average molecular weight is 345 g/mol. The van der Waals surface area contributed by atoms with E-state index in [1.165, 1.54) is 0 Å². The lowest BCUT2D eigenvalue weighted by molar-refractivity contribution is -0.116. The Hall–Kier alpha value is -3.36. The van der Waals surface area contributed by atoms with Crippen LogP contribution in [0.4, 0.5) is 20.2 Å². The normalized spacial score (nSPS) is 10.6. The molecule has 9 heteroatoms. The quantitative estimate of drug-likeness (QED) is 0.688. The minimum Gasteiger partial charge on any atom is -0.397 e. The number of nitrogen functional groups attached to an aromatic ring is 1. The third kappa shape index (κ3) is 3.94. The van der Waals surface area contributed by atoms with Crippen LogP contribution in [0.1, 0.15) is 12.2 Å². The van der Waals surface area contributed by atoms with Crippen LogP contribution in [-0.2, 0) is 11.2 Å². The summed E-state index contributed by atoms with van der Waals surface area (Å²) in [4.78, 5) is 20.0. The van der Waals surface area contributed by atoms with E-state index in [0.717, 1.165) is 6.07 Å². The SMILES string of the molecule is Nc1cc(F)cc(F)c1NC(=O)CCc1noc(-c2cccnc2)n1. The number of pyridine rings is 1. The van der Waals surface area contributed by atoms with Gasteiger partial charge in [-0.05, 0) is 18.2 Å². The fraction of sp³-hybridized carbons (Fsp3) is 0.125. The lowest BCUT2D eigenvalue weighted by Crippen LogP contribution is -2.15. The number of amides is 1. The summed E-state index contributed by atoms with van der Waals surface area (Å²) in [5, 5.41) is 6.09. The molecule has 3 rings (SSSR count). The number of aromatic nitrogens is 3. The van der Waals surface area contributed by atoms with Gasteiger partial charge in [0.25, 0.3) is 5.89 Å². The predicted molar refractivity (Wildman–Crippen MR) is 85.3 cm³/mol. The summed E-state index contributed by atoms with van der Waals surface area (Å²) in [6.45, 7) is 0. The van der Waals surface area contributed by atoms with Crippen molar-refractivity contribution in [2.45, 2.75) is 12.8 Å². The van der Waals surface area contributed by atoms with E-state index < -0.39 is 17.5 Å². The van der Waals surface area contributed by atoms with Crippen molar-refractivity contribution < 1.29 is 18.1 Å². The van der Waals surface area contributed by atoms with E-state index in [-0.39, 0.29) is 30.1 Å². The molecule has 3 aromatic rings. The van der Waals surface area contributed by atoms with E-state index >= 15 is 0 Å². The number of nitrogens with zero attached hydrogens (tertiary/aromatic N) is 3. The number of benzene rings is 1. The molecule has 0 aliphatic heterocycles. The van der Waals surface area contributed by atoms with E-state index in [1.807, 2.05) is 0 Å². The number of nitrogens with one attached hydrogen (secondary N) is 1. The number of aryl methyl sites for hydroxylation is 1. The summed E-state index contributed by atoms with van der Waals surface area (Å²) in [7, 11) is 0. The predicted octanol–water partition coefficient (Wildman–Crippen LogP) is 2.56. The highest BCUT2D eigenvalue weighted by Gasteiger charge is 2.14. The first-order valence-electron chi connectivity index (χ1n) is 7.30. The summed E-state index contributed by atoms with van der Waals surface area (Å²) in [5.41, 5.74) is 5.72. The van der Waals surface area contributed by atoms with Gasteiger partial charge in [-0.2, -0.15) is 4.98 Å². The van der Waals surface area contributed by atoms with Gasteiger partial charge in [0.2, 0.25) is 5.91 Å². The van der Waals surface area contributed by atoms with E-state index in [9.17, 15) is 13.6 Å². The van der Waals surface area contributed by atoms with E-state index in [0.29, 0.717) is 17.5 Å². The summed E-state index contributed by atoms with van der Waals surface area (Å²) >= 11 is 0. The maximum Gasteiger partial charge on any atom is 0.259 e. The van der Waals surface area contributed by atoms with Crippen LogP contribution in [0.15, 0.2) is 41.2 Å². The molecule has 0 aliphatic carbocycles. The third-order valence-corrected chi connectivity index (χ3v) is 3.30. The molecule has 2 aromatic heterocycles. The molecule has 0 atom stereocenters. The van der Waals surface area contributed by atoms with Crippen LogP contribution in [-0.4, -0.2) is 21.0 Å². The van der Waals surface area contributed by atoms with Crippen molar-refractivity contribution in [3.05, 3.63) is 54.1 Å². The molecule has 7 nitrogen and oxygen atoms in total. The molecule has 0 saturated heterocycles. The van der Waals surface area contributed by atoms with Gasteiger partial charge in [0.15, 0.2) is 11.6 Å². The Balaban J connectivity index is 1.61. The van der Waals surface area contributed by atoms with E-state index in [2.05, 4.69) is 20.4 Å². The first-order chi connectivity index (χ1) is 12.0. The fourth-order valence-electron chi connectivity index (χ4n) is 2.11. The summed E-state index contributed by atoms with van der Waals surface area (Å²) in [6, 6.07) is 5.06. The number of nitrogens with two attached hydrogens (primary N) is 1. The zero-order valence-corrected chi connectivity index (χ0v) is 12.9. The Morgan fingerprint density at radius 3 is 2.88 bits per heavy atom. The molecule has 128 valence electrons. The molecule has 2 heterocycles. The molecule has 0 radical (unpaired) electrons. The highest BCUT2D eigenvalue weighted by molar-refractivity contribution is 5.94. The highest BCUT2D eigenvalue weighted by atomic mass is 19.1. The largest absolute Gasteiger partial charge is 0.397 e. The minimum absolute atomic E-state index is 0.0255. The van der Waals surface area contributed by atoms with Crippen molar-refractivity contribution >= 4 is 17.3 Å². The minimum atomic E-state index is -0.940. The monoisotopic (exact) mass is 345 g/mol. The molecule has 1 amide bonds. The highest BCUT2D eigenvalue weighted by Crippen LogP contribution is 2.24. The molecule has 0 fully saturated rings. The first-order valence-corrected chi connectivity index (χ1v) is 7.30. The van der Waals surface area contributed by atoms with Crippen LogP contribution < -0.4 is 11.1 Å². The summed E-state index contributed by atoms with van der Waals surface area (Å²) in [5.74, 6) is -1.66. The molecule has 1 aromatic carbocycles. The van der Waals surface area contributed by atoms with Gasteiger partial charge in [-0.3, -0.25) is 9.78 Å². The van der Waals surface area contributed by atoms with Crippen LogP contribution in [0, 0.1) is 11.6 Å². The van der Waals surface area contributed by atoms with Crippen LogP contribution in [0.3, 0.4) is 0 Å². The van der Waals surface area contributed by atoms with Crippen molar-refractivity contribution in [3.63, 3.8) is 0 Å². The van der Waals surface area contributed by atoms with Gasteiger partial charge in [-0.25, -0.2) is 8.78 Å². The zero-order chi connectivity index (χ0) is 17.8. The van der Waals surface area contributed by atoms with E-state index in [4.69, 9.17) is 10.3 Å². The smallest absolute Gasteiger partial charge is 0.259 e. The standard InChI is InChI=1S/C16H13F2N5O2/c17-10-6-11(18)15(12(19)7-10)22-14(24)4-3-13-21-16(25-23-13)9-2-1-5-20-8-9/h1-2,5-8H,3-4,19H2,(H,22,24). The second-order valence-corrected chi connectivity index (χ2v) is 5.16. The molecule has 0 spiro atoms. The molecule has 0 aliphatic rings. The lowest BCUT2D eigenvalue weighted by atomic mass is 10.2. The van der Waals surface area contributed by atoms with Gasteiger partial charge in [-0.15, -0.1) is 0 Å². The molecule has 0 unspecified atom stereocenters. The fourth-order valence-corrected chi connectivity index (χ4v) is 2.11. The Bertz CT molecular complexity index is 876. The van der Waals surface area contributed by atoms with Gasteiger partial charge in [-0.1, -0.05) is 5.16 Å². The summed E-state index contributed by atoms with van der Waals surface area (Å²) < 4.78 is 31.7. The topological polar surface area (TPSA) is 107 Å². The molecular weight excluding hydrogens is 332 g/mol. The van der Waals surface area contributed by atoms with Crippen molar-refractivity contribution in [1.29, 1.82) is 0 Å². The zero-order valence-electron chi connectivity index (χ0n) is 12.9. The van der Waals surface area contributed by atoms with Crippen LogP contribution >= 0.6 is 0 Å². The van der Waals surface area contributed by atoms with Crippen molar-refractivity contribution in [1.82, 2.24) is 15.1 Å². The van der Waals surface area contributed by atoms with Gasteiger partial charge in [0, 0.05) is 31.3 Å².